The lowest BCUT2D eigenvalue weighted by molar-refractivity contribution is -0.137. The van der Waals surface area contributed by atoms with Crippen LogP contribution in [0.3, 0.4) is 0 Å². The van der Waals surface area contributed by atoms with E-state index < -0.39 is 5.97 Å². The third-order valence-corrected chi connectivity index (χ3v) is 1.95. The van der Waals surface area contributed by atoms with Crippen molar-refractivity contribution in [1.29, 1.82) is 0 Å². The first kappa shape index (κ1) is 12.9. The van der Waals surface area contributed by atoms with Gasteiger partial charge in [0.15, 0.2) is 0 Å². The number of nitrogens with zero attached hydrogens (tertiary/aromatic N) is 1. The molecule has 1 amide bonds. The van der Waals surface area contributed by atoms with E-state index in [-0.39, 0.29) is 24.9 Å². The molecule has 82 valence electrons. The number of nitrogens with one attached hydrogen (secondary N) is 1. The van der Waals surface area contributed by atoms with E-state index in [0.717, 1.165) is 0 Å². The fraction of sp³-hybridized carbons (Fsp3) is 0.778. The molecule has 14 heavy (non-hydrogen) atoms. The molecule has 0 spiro atoms. The molecule has 0 fully saturated rings. The fourth-order valence-electron chi connectivity index (χ4n) is 1.20. The van der Waals surface area contributed by atoms with Gasteiger partial charge >= 0.3 is 5.97 Å². The van der Waals surface area contributed by atoms with Gasteiger partial charge in [-0.05, 0) is 20.5 Å². The Labute approximate surface area is 84.1 Å². The summed E-state index contributed by atoms with van der Waals surface area (Å²) in [6.45, 7) is 2.11. The highest BCUT2D eigenvalue weighted by Gasteiger charge is 2.17. The van der Waals surface area contributed by atoms with Gasteiger partial charge in [0.25, 0.3) is 0 Å². The molecule has 2 N–H and O–H groups in total. The van der Waals surface area contributed by atoms with Gasteiger partial charge < -0.3 is 10.4 Å². The Balaban J connectivity index is 3.87. The van der Waals surface area contributed by atoms with Gasteiger partial charge in [0.1, 0.15) is 0 Å². The van der Waals surface area contributed by atoms with Crippen LogP contribution in [0.15, 0.2) is 0 Å². The normalized spacial score (nSPS) is 12.6. The lowest BCUT2D eigenvalue weighted by Crippen LogP contribution is -2.43. The average molecular weight is 205 g/mol. The molecule has 0 aromatic heterocycles. The van der Waals surface area contributed by atoms with Crippen LogP contribution < -0.4 is 5.32 Å². The first-order chi connectivity index (χ1) is 6.49. The van der Waals surface area contributed by atoms with Gasteiger partial charge in [-0.3, -0.25) is 14.5 Å². The van der Waals surface area contributed by atoms with Crippen molar-refractivity contribution >= 4 is 11.9 Å². The third kappa shape index (κ3) is 4.81. The Morgan fingerprint density at radius 1 is 1.43 bits per heavy atom. The van der Waals surface area contributed by atoms with E-state index in [1.54, 1.807) is 0 Å². The fourth-order valence-corrected chi connectivity index (χ4v) is 1.20. The van der Waals surface area contributed by atoms with Crippen LogP contribution in [0.2, 0.25) is 0 Å². The van der Waals surface area contributed by atoms with Gasteiger partial charge in [-0.15, -0.1) is 0 Å². The highest BCUT2D eigenvalue weighted by molar-refractivity contribution is 5.82. The second-order valence-corrected chi connectivity index (χ2v) is 3.32. The molecular formula is C9H18N2O3. The molecular weight excluding hydrogens is 187 g/mol. The van der Waals surface area contributed by atoms with E-state index in [9.17, 15) is 9.59 Å². The van der Waals surface area contributed by atoms with E-state index in [4.69, 9.17) is 5.11 Å². The van der Waals surface area contributed by atoms with Crippen molar-refractivity contribution in [3.8, 4) is 0 Å². The molecule has 0 radical (unpaired) electrons. The van der Waals surface area contributed by atoms with Crippen LogP contribution in [-0.4, -0.2) is 48.6 Å². The number of hydrogen-bond donors (Lipinski definition) is 2. The summed E-state index contributed by atoms with van der Waals surface area (Å²) in [7, 11) is 3.65. The Bertz CT molecular complexity index is 204. The van der Waals surface area contributed by atoms with E-state index in [1.165, 1.54) is 0 Å². The quantitative estimate of drug-likeness (QED) is 0.470. The minimum atomic E-state index is -0.900. The number of rotatable bonds is 6. The number of carbonyl (C=O) groups excluding carboxylic acids is 1. The number of aliphatic carboxylic acids is 1. The molecule has 0 rings (SSSR count). The predicted molar refractivity (Wildman–Crippen MR) is 53.0 cm³/mol. The first-order valence-electron chi connectivity index (χ1n) is 4.65. The van der Waals surface area contributed by atoms with Crippen molar-refractivity contribution in [3.63, 3.8) is 0 Å². The summed E-state index contributed by atoms with van der Waals surface area (Å²) in [5, 5.41) is 11.0. The monoisotopic (exact) mass is 205 g/mol. The zero-order chi connectivity index (χ0) is 11.1. The molecule has 0 aliphatic carbocycles. The van der Waals surface area contributed by atoms with E-state index in [1.807, 2.05) is 25.9 Å². The minimum Gasteiger partial charge on any atom is -0.481 e. The molecule has 5 nitrogen and oxygen atoms in total. The number of hydrogen-bond acceptors (Lipinski definition) is 3. The lowest BCUT2D eigenvalue weighted by Gasteiger charge is -2.21. The SMILES string of the molecule is CN(C)C(C[13CH3])C(=O)[15NH][13CH2]CC(=O)O. The van der Waals surface area contributed by atoms with Crippen LogP contribution in [0.4, 0.5) is 0 Å². The molecule has 0 aromatic carbocycles. The van der Waals surface area contributed by atoms with Gasteiger partial charge in [-0.25, -0.2) is 0 Å². The summed E-state index contributed by atoms with van der Waals surface area (Å²) in [6.07, 6.45) is 0.682. The van der Waals surface area contributed by atoms with Gasteiger partial charge in [0.2, 0.25) is 5.91 Å². The molecule has 0 saturated carbocycles. The molecule has 1 unspecified atom stereocenters. The van der Waals surface area contributed by atoms with E-state index >= 15 is 0 Å². The molecule has 0 aliphatic rings. The molecule has 1 atom stereocenters. The second-order valence-electron chi connectivity index (χ2n) is 3.32. The van der Waals surface area contributed by atoms with Crippen LogP contribution in [0.25, 0.3) is 0 Å². The summed E-state index contributed by atoms with van der Waals surface area (Å²) in [4.78, 5) is 23.5. The Morgan fingerprint density at radius 3 is 2.36 bits per heavy atom. The van der Waals surface area contributed by atoms with Gasteiger partial charge in [-0.1, -0.05) is 6.92 Å². The van der Waals surface area contributed by atoms with E-state index in [0.29, 0.717) is 6.42 Å². The Kier molecular flexibility index (Phi) is 5.87. The van der Waals surface area contributed by atoms with Gasteiger partial charge in [0.05, 0.1) is 12.5 Å². The van der Waals surface area contributed by atoms with Crippen molar-refractivity contribution in [1.82, 2.24) is 10.2 Å². The first-order valence-corrected chi connectivity index (χ1v) is 4.65. The van der Waals surface area contributed by atoms with Crippen LogP contribution in [-0.2, 0) is 9.59 Å². The van der Waals surface area contributed by atoms with Crippen LogP contribution in [0, 0.1) is 0 Å². The summed E-state index contributed by atoms with van der Waals surface area (Å²) in [5.41, 5.74) is 0. The van der Waals surface area contributed by atoms with Gasteiger partial charge in [-0.2, -0.15) is 0 Å². The molecule has 0 heterocycles. The third-order valence-electron chi connectivity index (χ3n) is 1.95. The number of carbonyl (C=O) groups is 2. The molecule has 5 heteroatoms. The number of amides is 1. The zero-order valence-corrected chi connectivity index (χ0v) is 8.91. The highest BCUT2D eigenvalue weighted by atomic mass is 16.4. The molecule has 0 saturated heterocycles. The van der Waals surface area contributed by atoms with Crippen molar-refractivity contribution in [2.24, 2.45) is 0 Å². The maximum Gasteiger partial charge on any atom is 0.305 e. The van der Waals surface area contributed by atoms with Crippen molar-refractivity contribution < 1.29 is 14.7 Å². The van der Waals surface area contributed by atoms with Crippen LogP contribution in [0.1, 0.15) is 19.8 Å². The maximum atomic E-state index is 11.5. The molecule has 0 aliphatic heterocycles. The number of carboxylic acids is 1. The number of likely N-dealkylation sites (N-methyl/N-ethyl adjacent to an activating group) is 1. The number of carboxylic acid groups (broad SMARTS) is 1. The van der Waals surface area contributed by atoms with Crippen LogP contribution in [0.5, 0.6) is 0 Å². The van der Waals surface area contributed by atoms with Gasteiger partial charge in [0, 0.05) is 6.54 Å². The predicted octanol–water partition coefficient (Wildman–Crippen LogP) is -0.0825. The minimum absolute atomic E-state index is 0.0321. The van der Waals surface area contributed by atoms with E-state index in [2.05, 4.69) is 5.32 Å². The van der Waals surface area contributed by atoms with Crippen molar-refractivity contribution in [2.45, 2.75) is 25.8 Å². The summed E-state index contributed by atoms with van der Waals surface area (Å²) < 4.78 is 0. The second kappa shape index (κ2) is 6.37. The molecule has 0 aromatic rings. The summed E-state index contributed by atoms with van der Waals surface area (Å²) in [5.74, 6) is -1.01. The smallest absolute Gasteiger partial charge is 0.305 e. The van der Waals surface area contributed by atoms with Crippen molar-refractivity contribution in [3.05, 3.63) is 0 Å². The average Bonchev–Trinajstić information content (AvgIpc) is 2.03. The summed E-state index contributed by atoms with van der Waals surface area (Å²) >= 11 is 0. The standard InChI is InChI=1S/C9H18N2O3/c1-4-7(11(2)3)9(14)10-6-5-8(12)13/h7H,4-6H2,1-3H3,(H,10,14)(H,12,13)/i1+1,6+1,10+1. The maximum absolute atomic E-state index is 11.5. The largest absolute Gasteiger partial charge is 0.481 e. The highest BCUT2D eigenvalue weighted by Crippen LogP contribution is 1.98. The van der Waals surface area contributed by atoms with Crippen molar-refractivity contribution in [2.75, 3.05) is 20.6 Å². The summed E-state index contributed by atoms with van der Waals surface area (Å²) in [6, 6.07) is -0.177. The Hall–Kier alpha value is -1.10. The van der Waals surface area contributed by atoms with Crippen LogP contribution >= 0.6 is 0 Å². The zero-order valence-electron chi connectivity index (χ0n) is 8.91. The molecule has 0 bridgehead atoms. The lowest BCUT2D eigenvalue weighted by atomic mass is 10.2. The Morgan fingerprint density at radius 2 is 2.00 bits per heavy atom. The topological polar surface area (TPSA) is 69.6 Å².